The molecule has 0 unspecified atom stereocenters. The van der Waals surface area contributed by atoms with Gasteiger partial charge in [-0.25, -0.2) is 4.79 Å². The maximum Gasteiger partial charge on any atom is 0.330 e. The molecule has 21 heavy (non-hydrogen) atoms. The van der Waals surface area contributed by atoms with Crippen LogP contribution in [0.3, 0.4) is 0 Å². The highest BCUT2D eigenvalue weighted by molar-refractivity contribution is 9.10. The van der Waals surface area contributed by atoms with Crippen LogP contribution in [0.1, 0.15) is 12.6 Å². The number of hydrogen-bond acceptors (Lipinski definition) is 6. The number of nitrogens with one attached hydrogen (secondary N) is 1. The van der Waals surface area contributed by atoms with Crippen molar-refractivity contribution in [2.45, 2.75) is 24.5 Å². The second-order valence-corrected chi connectivity index (χ2v) is 5.33. The van der Waals surface area contributed by atoms with Crippen molar-refractivity contribution in [2.24, 2.45) is 0 Å². The summed E-state index contributed by atoms with van der Waals surface area (Å²) in [7, 11) is 1.33. The van der Waals surface area contributed by atoms with Crippen LogP contribution >= 0.6 is 15.9 Å². The first-order valence-corrected chi connectivity index (χ1v) is 6.87. The molecular weight excluding hydrogens is 348 g/mol. The molecule has 0 aromatic carbocycles. The van der Waals surface area contributed by atoms with Gasteiger partial charge < -0.3 is 19.3 Å². The summed E-state index contributed by atoms with van der Waals surface area (Å²) >= 11 is 3.04. The molecule has 0 amide bonds. The molecule has 0 spiro atoms. The van der Waals surface area contributed by atoms with E-state index in [-0.39, 0.29) is 17.5 Å². The molecule has 1 aromatic heterocycles. The zero-order valence-corrected chi connectivity index (χ0v) is 12.8. The Morgan fingerprint density at radius 2 is 2.43 bits per heavy atom. The highest BCUT2D eigenvalue weighted by Gasteiger charge is 2.49. The SMILES string of the molecule is C=COC[C@H]1O[C@@H](n2cc(Br)c(=O)[nH]c2=O)C[C@@]1(O)OC. The van der Waals surface area contributed by atoms with Gasteiger partial charge in [0.2, 0.25) is 0 Å². The topological polar surface area (TPSA) is 103 Å². The number of rotatable bonds is 5. The fraction of sp³-hybridized carbons (Fsp3) is 0.500. The molecule has 2 rings (SSSR count). The molecule has 2 N–H and O–H groups in total. The average Bonchev–Trinajstić information content (AvgIpc) is 2.78. The lowest BCUT2D eigenvalue weighted by molar-refractivity contribution is -0.221. The van der Waals surface area contributed by atoms with E-state index < -0.39 is 29.4 Å². The van der Waals surface area contributed by atoms with Crippen LogP contribution in [-0.2, 0) is 14.2 Å². The Morgan fingerprint density at radius 1 is 1.71 bits per heavy atom. The van der Waals surface area contributed by atoms with E-state index in [9.17, 15) is 14.7 Å². The molecule has 8 nitrogen and oxygen atoms in total. The highest BCUT2D eigenvalue weighted by atomic mass is 79.9. The Morgan fingerprint density at radius 3 is 3.05 bits per heavy atom. The summed E-state index contributed by atoms with van der Waals surface area (Å²) in [5.41, 5.74) is -1.18. The zero-order chi connectivity index (χ0) is 15.6. The van der Waals surface area contributed by atoms with Crippen molar-refractivity contribution in [3.63, 3.8) is 0 Å². The molecule has 0 bridgehead atoms. The summed E-state index contributed by atoms with van der Waals surface area (Å²) in [6.45, 7) is 3.42. The third-order valence-corrected chi connectivity index (χ3v) is 3.81. The van der Waals surface area contributed by atoms with Crippen LogP contribution in [0.4, 0.5) is 0 Å². The summed E-state index contributed by atoms with van der Waals surface area (Å²) in [6, 6.07) is 0. The van der Waals surface area contributed by atoms with Crippen LogP contribution in [0.2, 0.25) is 0 Å². The van der Waals surface area contributed by atoms with Crippen molar-refractivity contribution < 1.29 is 19.3 Å². The van der Waals surface area contributed by atoms with Gasteiger partial charge in [0.15, 0.2) is 5.79 Å². The van der Waals surface area contributed by atoms with E-state index >= 15 is 0 Å². The molecule has 1 saturated heterocycles. The first-order valence-electron chi connectivity index (χ1n) is 6.07. The molecule has 3 atom stereocenters. The Balaban J connectivity index is 2.31. The number of ether oxygens (including phenoxy) is 3. The predicted molar refractivity (Wildman–Crippen MR) is 75.7 cm³/mol. The summed E-state index contributed by atoms with van der Waals surface area (Å²) in [4.78, 5) is 25.3. The van der Waals surface area contributed by atoms with Gasteiger partial charge in [-0.15, -0.1) is 0 Å². The standard InChI is InChI=1S/C12H15BrN2O6/c1-3-20-6-8-12(18,19-2)4-9(21-8)15-5-7(13)10(16)14-11(15)17/h3,5,8-9,18H,1,4,6H2,2H3,(H,14,16,17)/t8-,9-,12-/m1/s1. The molecule has 1 aliphatic heterocycles. The lowest BCUT2D eigenvalue weighted by atomic mass is 10.1. The average molecular weight is 363 g/mol. The van der Waals surface area contributed by atoms with Crippen LogP contribution < -0.4 is 11.2 Å². The monoisotopic (exact) mass is 362 g/mol. The highest BCUT2D eigenvalue weighted by Crippen LogP contribution is 2.36. The third kappa shape index (κ3) is 3.10. The lowest BCUT2D eigenvalue weighted by Gasteiger charge is -2.25. The van der Waals surface area contributed by atoms with Crippen molar-refractivity contribution in [1.82, 2.24) is 9.55 Å². The first-order chi connectivity index (χ1) is 9.91. The van der Waals surface area contributed by atoms with Gasteiger partial charge in [-0.05, 0) is 15.9 Å². The van der Waals surface area contributed by atoms with Gasteiger partial charge >= 0.3 is 5.69 Å². The van der Waals surface area contributed by atoms with Gasteiger partial charge in [-0.1, -0.05) is 6.58 Å². The summed E-state index contributed by atoms with van der Waals surface area (Å²) in [5, 5.41) is 10.4. The Labute approximate surface area is 128 Å². The normalized spacial score (nSPS) is 28.5. The fourth-order valence-electron chi connectivity index (χ4n) is 2.10. The largest absolute Gasteiger partial charge is 0.499 e. The molecule has 0 saturated carbocycles. The van der Waals surface area contributed by atoms with Gasteiger partial charge in [0, 0.05) is 19.7 Å². The molecule has 2 heterocycles. The maximum absolute atomic E-state index is 11.8. The minimum absolute atomic E-state index is 0.00700. The zero-order valence-electron chi connectivity index (χ0n) is 11.2. The van der Waals surface area contributed by atoms with Gasteiger partial charge in [0.05, 0.1) is 10.7 Å². The van der Waals surface area contributed by atoms with E-state index in [0.717, 1.165) is 0 Å². The van der Waals surface area contributed by atoms with Crippen LogP contribution in [0.15, 0.2) is 33.1 Å². The number of aromatic nitrogens is 2. The van der Waals surface area contributed by atoms with Crippen LogP contribution in [0, 0.1) is 0 Å². The van der Waals surface area contributed by atoms with Crippen molar-refractivity contribution in [3.05, 3.63) is 44.3 Å². The van der Waals surface area contributed by atoms with E-state index in [1.807, 2.05) is 0 Å². The van der Waals surface area contributed by atoms with Crippen LogP contribution in [-0.4, -0.2) is 40.3 Å². The lowest BCUT2D eigenvalue weighted by Crippen LogP contribution is -2.42. The van der Waals surface area contributed by atoms with E-state index in [0.29, 0.717) is 0 Å². The molecular formula is C12H15BrN2O6. The van der Waals surface area contributed by atoms with Crippen LogP contribution in [0.25, 0.3) is 0 Å². The van der Waals surface area contributed by atoms with Gasteiger partial charge in [0.1, 0.15) is 18.9 Å². The minimum atomic E-state index is -1.60. The number of hydrogen-bond donors (Lipinski definition) is 2. The maximum atomic E-state index is 11.8. The van der Waals surface area contributed by atoms with Crippen molar-refractivity contribution in [2.75, 3.05) is 13.7 Å². The molecule has 116 valence electrons. The summed E-state index contributed by atoms with van der Waals surface area (Å²) < 4.78 is 17.0. The summed E-state index contributed by atoms with van der Waals surface area (Å²) in [6.07, 6.45) is 0.929. The number of halogens is 1. The predicted octanol–water partition coefficient (Wildman–Crippen LogP) is 0.0817. The molecule has 0 aliphatic carbocycles. The molecule has 9 heteroatoms. The second kappa shape index (κ2) is 6.14. The molecule has 1 aliphatic rings. The van der Waals surface area contributed by atoms with Crippen molar-refractivity contribution >= 4 is 15.9 Å². The number of aromatic amines is 1. The number of aliphatic hydroxyl groups is 1. The van der Waals surface area contributed by atoms with Crippen molar-refractivity contribution in [1.29, 1.82) is 0 Å². The quantitative estimate of drug-likeness (QED) is 0.568. The second-order valence-electron chi connectivity index (χ2n) is 4.48. The van der Waals surface area contributed by atoms with Gasteiger partial charge in [-0.2, -0.15) is 0 Å². The molecule has 1 fully saturated rings. The van der Waals surface area contributed by atoms with E-state index in [4.69, 9.17) is 14.2 Å². The fourth-order valence-corrected chi connectivity index (χ4v) is 2.42. The smallest absolute Gasteiger partial charge is 0.330 e. The van der Waals surface area contributed by atoms with E-state index in [1.54, 1.807) is 0 Å². The Kier molecular flexibility index (Phi) is 4.67. The summed E-state index contributed by atoms with van der Waals surface area (Å²) in [5.74, 6) is -1.60. The number of nitrogens with zero attached hydrogens (tertiary/aromatic N) is 1. The number of H-pyrrole nitrogens is 1. The van der Waals surface area contributed by atoms with E-state index in [2.05, 4.69) is 27.5 Å². The molecule has 0 radical (unpaired) electrons. The Bertz CT molecular complexity index is 641. The third-order valence-electron chi connectivity index (χ3n) is 3.25. The first kappa shape index (κ1) is 16.0. The van der Waals surface area contributed by atoms with Gasteiger partial charge in [-0.3, -0.25) is 14.3 Å². The Hall–Kier alpha value is -1.42. The molecule has 1 aromatic rings. The van der Waals surface area contributed by atoms with Crippen LogP contribution in [0.5, 0.6) is 0 Å². The minimum Gasteiger partial charge on any atom is -0.499 e. The van der Waals surface area contributed by atoms with Gasteiger partial charge in [0.25, 0.3) is 5.56 Å². The van der Waals surface area contributed by atoms with Crippen molar-refractivity contribution in [3.8, 4) is 0 Å². The number of methoxy groups -OCH3 is 1. The van der Waals surface area contributed by atoms with E-state index in [1.165, 1.54) is 24.1 Å².